The van der Waals surface area contributed by atoms with Crippen LogP contribution in [0.5, 0.6) is 5.75 Å². The fourth-order valence-corrected chi connectivity index (χ4v) is 4.12. The molecule has 1 saturated heterocycles. The lowest BCUT2D eigenvalue weighted by Gasteiger charge is -2.24. The van der Waals surface area contributed by atoms with Crippen molar-refractivity contribution < 1.29 is 14.3 Å². The van der Waals surface area contributed by atoms with E-state index in [9.17, 15) is 9.59 Å². The lowest BCUT2D eigenvalue weighted by Crippen LogP contribution is -2.42. The smallest absolute Gasteiger partial charge is 0.326 e. The number of urea groups is 1. The van der Waals surface area contributed by atoms with Gasteiger partial charge in [-0.2, -0.15) is 0 Å². The van der Waals surface area contributed by atoms with Gasteiger partial charge in [-0.05, 0) is 43.8 Å². The van der Waals surface area contributed by atoms with Gasteiger partial charge in [0.05, 0.1) is 18.1 Å². The molecule has 0 bridgehead atoms. The summed E-state index contributed by atoms with van der Waals surface area (Å²) in [6, 6.07) is 10.5. The zero-order valence-corrected chi connectivity index (χ0v) is 16.4. The molecule has 3 rings (SSSR count). The summed E-state index contributed by atoms with van der Waals surface area (Å²) in [5.41, 5.74) is -0.427. The van der Waals surface area contributed by atoms with Crippen LogP contribution < -0.4 is 10.1 Å². The minimum atomic E-state index is -1.11. The molecule has 0 saturated carbocycles. The first-order valence-electron chi connectivity index (χ1n) is 8.05. The fraction of sp³-hybridized carbons (Fsp3) is 0.333. The summed E-state index contributed by atoms with van der Waals surface area (Å²) < 4.78 is 5.94. The van der Waals surface area contributed by atoms with Crippen LogP contribution in [0.4, 0.5) is 4.79 Å². The molecule has 2 aromatic rings. The Bertz CT molecular complexity index is 841. The van der Waals surface area contributed by atoms with Gasteiger partial charge in [-0.1, -0.05) is 23.7 Å². The van der Waals surface area contributed by atoms with E-state index in [-0.39, 0.29) is 12.6 Å². The van der Waals surface area contributed by atoms with E-state index in [4.69, 9.17) is 16.3 Å². The Labute approximate surface area is 161 Å². The first-order valence-corrected chi connectivity index (χ1v) is 9.24. The molecule has 1 fully saturated rings. The Kier molecular flexibility index (Phi) is 5.22. The standard InChI is InChI=1S/C18H20ClN3O3S/c1-18(12-5-4-6-13(9-12)25-3)16(23)22(17(24)20-18)11-21(2)10-14-7-8-15(19)26-14/h4-9H,10-11H2,1-3H3,(H,20,24)/t18-/m0/s1. The fourth-order valence-electron chi connectivity index (χ4n) is 2.95. The van der Waals surface area contributed by atoms with E-state index in [1.165, 1.54) is 16.2 Å². The number of hydrogen-bond acceptors (Lipinski definition) is 5. The van der Waals surface area contributed by atoms with Crippen LogP contribution >= 0.6 is 22.9 Å². The Balaban J connectivity index is 1.75. The summed E-state index contributed by atoms with van der Waals surface area (Å²) in [5.74, 6) is 0.350. The van der Waals surface area contributed by atoms with Crippen molar-refractivity contribution in [1.29, 1.82) is 0 Å². The van der Waals surface area contributed by atoms with Crippen molar-refractivity contribution in [2.75, 3.05) is 20.8 Å². The van der Waals surface area contributed by atoms with Gasteiger partial charge in [0.15, 0.2) is 0 Å². The largest absolute Gasteiger partial charge is 0.497 e. The Morgan fingerprint density at radius 1 is 1.31 bits per heavy atom. The molecule has 0 unspecified atom stereocenters. The highest BCUT2D eigenvalue weighted by Gasteiger charge is 2.49. The number of carbonyl (C=O) groups excluding carboxylic acids is 2. The molecule has 0 spiro atoms. The molecule has 26 heavy (non-hydrogen) atoms. The zero-order chi connectivity index (χ0) is 18.9. The second-order valence-electron chi connectivity index (χ2n) is 6.38. The summed E-state index contributed by atoms with van der Waals surface area (Å²) in [6.07, 6.45) is 0. The number of imide groups is 1. The molecule has 0 aliphatic carbocycles. The number of ether oxygens (including phenoxy) is 1. The molecule has 2 heterocycles. The third-order valence-electron chi connectivity index (χ3n) is 4.36. The molecule has 1 aromatic heterocycles. The molecule has 1 aliphatic heterocycles. The molecule has 3 amide bonds. The molecule has 1 aromatic carbocycles. The highest BCUT2D eigenvalue weighted by molar-refractivity contribution is 7.16. The second-order valence-corrected chi connectivity index (χ2v) is 8.18. The molecule has 1 aliphatic rings. The first kappa shape index (κ1) is 18.7. The maximum atomic E-state index is 13.0. The highest BCUT2D eigenvalue weighted by Crippen LogP contribution is 2.31. The maximum absolute atomic E-state index is 13.0. The number of benzene rings is 1. The van der Waals surface area contributed by atoms with Gasteiger partial charge in [0.2, 0.25) is 0 Å². The van der Waals surface area contributed by atoms with E-state index in [2.05, 4.69) is 5.32 Å². The van der Waals surface area contributed by atoms with Crippen LogP contribution in [0.25, 0.3) is 0 Å². The summed E-state index contributed by atoms with van der Waals surface area (Å²) in [6.45, 7) is 2.51. The van der Waals surface area contributed by atoms with Crippen LogP contribution in [0.15, 0.2) is 36.4 Å². The molecule has 0 radical (unpaired) electrons. The van der Waals surface area contributed by atoms with Crippen LogP contribution in [-0.4, -0.2) is 42.6 Å². The minimum absolute atomic E-state index is 0.194. The molecule has 6 nitrogen and oxygen atoms in total. The number of rotatable bonds is 6. The Morgan fingerprint density at radius 3 is 2.73 bits per heavy atom. The van der Waals surface area contributed by atoms with Gasteiger partial charge < -0.3 is 10.1 Å². The number of thiophene rings is 1. The topological polar surface area (TPSA) is 61.9 Å². The van der Waals surface area contributed by atoms with E-state index in [0.29, 0.717) is 22.2 Å². The summed E-state index contributed by atoms with van der Waals surface area (Å²) in [4.78, 5) is 29.6. The Morgan fingerprint density at radius 2 is 2.08 bits per heavy atom. The van der Waals surface area contributed by atoms with Gasteiger partial charge in [0, 0.05) is 11.4 Å². The first-order chi connectivity index (χ1) is 12.3. The number of halogens is 1. The van der Waals surface area contributed by atoms with E-state index >= 15 is 0 Å². The van der Waals surface area contributed by atoms with Crippen molar-refractivity contribution in [2.45, 2.75) is 19.0 Å². The number of amides is 3. The highest BCUT2D eigenvalue weighted by atomic mass is 35.5. The molecule has 1 N–H and O–H groups in total. The average molecular weight is 394 g/mol. The van der Waals surface area contributed by atoms with Gasteiger partial charge in [-0.3, -0.25) is 9.69 Å². The number of carbonyl (C=O) groups is 2. The van der Waals surface area contributed by atoms with Crippen molar-refractivity contribution >= 4 is 34.9 Å². The normalized spacial score (nSPS) is 20.0. The van der Waals surface area contributed by atoms with E-state index in [0.717, 1.165) is 4.88 Å². The summed E-state index contributed by atoms with van der Waals surface area (Å²) in [7, 11) is 3.42. The Hall–Kier alpha value is -2.09. The third-order valence-corrected chi connectivity index (χ3v) is 5.58. The molecular formula is C18H20ClN3O3S. The minimum Gasteiger partial charge on any atom is -0.497 e. The number of hydrogen-bond donors (Lipinski definition) is 1. The lowest BCUT2D eigenvalue weighted by molar-refractivity contribution is -0.132. The van der Waals surface area contributed by atoms with Crippen molar-refractivity contribution in [3.05, 3.63) is 51.2 Å². The van der Waals surface area contributed by atoms with Crippen molar-refractivity contribution in [3.63, 3.8) is 0 Å². The van der Waals surface area contributed by atoms with Gasteiger partial charge in [0.25, 0.3) is 5.91 Å². The van der Waals surface area contributed by atoms with Crippen LogP contribution in [-0.2, 0) is 16.9 Å². The van der Waals surface area contributed by atoms with Gasteiger partial charge in [-0.25, -0.2) is 9.69 Å². The SMILES string of the molecule is COc1cccc([C@]2(C)NC(=O)N(CN(C)Cc3ccc(Cl)s3)C2=O)c1. The van der Waals surface area contributed by atoms with Crippen LogP contribution in [0.2, 0.25) is 4.34 Å². The second kappa shape index (κ2) is 7.26. The zero-order valence-electron chi connectivity index (χ0n) is 14.8. The van der Waals surface area contributed by atoms with Crippen molar-refractivity contribution in [2.24, 2.45) is 0 Å². The number of nitrogens with zero attached hydrogens (tertiary/aromatic N) is 2. The van der Waals surface area contributed by atoms with E-state index in [1.807, 2.05) is 30.1 Å². The molecule has 1 atom stereocenters. The van der Waals surface area contributed by atoms with Gasteiger partial charge in [-0.15, -0.1) is 11.3 Å². The molecule has 138 valence electrons. The third kappa shape index (κ3) is 3.56. The van der Waals surface area contributed by atoms with Gasteiger partial charge >= 0.3 is 6.03 Å². The predicted octanol–water partition coefficient (Wildman–Crippen LogP) is 3.27. The van der Waals surface area contributed by atoms with Crippen molar-refractivity contribution in [3.8, 4) is 5.75 Å². The average Bonchev–Trinajstić information content (AvgIpc) is 3.11. The quantitative estimate of drug-likeness (QED) is 0.765. The molecule has 8 heteroatoms. The monoisotopic (exact) mass is 393 g/mol. The van der Waals surface area contributed by atoms with E-state index in [1.54, 1.807) is 32.2 Å². The predicted molar refractivity (Wildman–Crippen MR) is 101 cm³/mol. The molecular weight excluding hydrogens is 374 g/mol. The van der Waals surface area contributed by atoms with E-state index < -0.39 is 11.6 Å². The van der Waals surface area contributed by atoms with Crippen LogP contribution in [0.1, 0.15) is 17.4 Å². The number of methoxy groups -OCH3 is 1. The van der Waals surface area contributed by atoms with Crippen molar-refractivity contribution in [1.82, 2.24) is 15.1 Å². The van der Waals surface area contributed by atoms with Gasteiger partial charge in [0.1, 0.15) is 11.3 Å². The summed E-state index contributed by atoms with van der Waals surface area (Å²) >= 11 is 7.43. The van der Waals surface area contributed by atoms with Crippen LogP contribution in [0, 0.1) is 0 Å². The van der Waals surface area contributed by atoms with Crippen LogP contribution in [0.3, 0.4) is 0 Å². The number of nitrogens with one attached hydrogen (secondary N) is 1. The maximum Gasteiger partial charge on any atom is 0.326 e. The lowest BCUT2D eigenvalue weighted by atomic mass is 9.92. The summed E-state index contributed by atoms with van der Waals surface area (Å²) in [5, 5.41) is 2.81.